The van der Waals surface area contributed by atoms with Crippen LogP contribution in [0.3, 0.4) is 0 Å². The Kier molecular flexibility index (Phi) is 15.1. The first-order valence-electron chi connectivity index (χ1n) is 24.9. The fraction of sp³-hybridized carbons (Fsp3) is 0.288. The molecular formula is C59H64ClFN8O. The van der Waals surface area contributed by atoms with Crippen LogP contribution < -0.4 is 14.5 Å². The summed E-state index contributed by atoms with van der Waals surface area (Å²) >= 11 is 5.99. The van der Waals surface area contributed by atoms with Crippen molar-refractivity contribution in [2.75, 3.05) is 82.4 Å². The van der Waals surface area contributed by atoms with Gasteiger partial charge in [-0.3, -0.25) is 14.7 Å². The number of aromatic amines is 3. The molecule has 0 atom stereocenters. The summed E-state index contributed by atoms with van der Waals surface area (Å²) in [6.45, 7) is 13.7. The van der Waals surface area contributed by atoms with E-state index in [-0.39, 0.29) is 5.82 Å². The highest BCUT2D eigenvalue weighted by Crippen LogP contribution is 2.30. The maximum atomic E-state index is 13.0. The van der Waals surface area contributed by atoms with Crippen LogP contribution in [0.15, 0.2) is 164 Å². The second-order valence-electron chi connectivity index (χ2n) is 19.0. The SMILES string of the molecule is COc1ccc(N2CCN(Cc3ccc4cc[nH]c4c3)CC2)cc1.Clc1ccc(C2CCN(Cc3ccc4[nH]ccc4c3)CC2)cc1.Fc1ccc(N2CCN(Cc3ccc4[nH]ccc4c3)CC2)cc1. The van der Waals surface area contributed by atoms with E-state index in [0.29, 0.717) is 5.92 Å². The number of ether oxygens (including phenoxy) is 1. The highest BCUT2D eigenvalue weighted by Gasteiger charge is 2.22. The number of H-pyrrole nitrogens is 3. The Hall–Kier alpha value is -6.56. The fourth-order valence-electron chi connectivity index (χ4n) is 10.3. The van der Waals surface area contributed by atoms with Crippen LogP contribution in [-0.2, 0) is 19.6 Å². The molecule has 3 aliphatic heterocycles. The predicted octanol–water partition coefficient (Wildman–Crippen LogP) is 12.3. The minimum Gasteiger partial charge on any atom is -0.497 e. The van der Waals surface area contributed by atoms with E-state index < -0.39 is 0 Å². The molecule has 11 heteroatoms. The van der Waals surface area contributed by atoms with Gasteiger partial charge in [0.15, 0.2) is 0 Å². The monoisotopic (exact) mass is 954 g/mol. The molecule has 0 amide bonds. The summed E-state index contributed by atoms with van der Waals surface area (Å²) in [5, 5.41) is 4.68. The van der Waals surface area contributed by atoms with Crippen molar-refractivity contribution in [3.05, 3.63) is 197 Å². The third kappa shape index (κ3) is 12.1. The lowest BCUT2D eigenvalue weighted by atomic mass is 9.89. The molecule has 0 aliphatic carbocycles. The number of hydrogen-bond acceptors (Lipinski definition) is 6. The summed E-state index contributed by atoms with van der Waals surface area (Å²) in [7, 11) is 1.71. The lowest BCUT2D eigenvalue weighted by Gasteiger charge is -2.36. The van der Waals surface area contributed by atoms with Gasteiger partial charge in [0.2, 0.25) is 0 Å². The molecule has 6 heterocycles. The third-order valence-corrected chi connectivity index (χ3v) is 14.6. The average molecular weight is 956 g/mol. The molecule has 12 rings (SSSR count). The van der Waals surface area contributed by atoms with Gasteiger partial charge in [0.1, 0.15) is 11.6 Å². The molecule has 0 radical (unpaired) electrons. The Balaban J connectivity index is 0.000000122. The lowest BCUT2D eigenvalue weighted by Crippen LogP contribution is -2.45. The quantitative estimate of drug-likeness (QED) is 0.127. The first-order valence-corrected chi connectivity index (χ1v) is 25.3. The normalized spacial score (nSPS) is 16.3. The maximum Gasteiger partial charge on any atom is 0.123 e. The Bertz CT molecular complexity index is 2890. The zero-order valence-electron chi connectivity index (χ0n) is 40.2. The van der Waals surface area contributed by atoms with E-state index in [9.17, 15) is 4.39 Å². The molecule has 9 nitrogen and oxygen atoms in total. The lowest BCUT2D eigenvalue weighted by molar-refractivity contribution is 0.205. The number of likely N-dealkylation sites (tertiary alicyclic amines) is 1. The van der Waals surface area contributed by atoms with E-state index in [1.165, 1.54) is 98.7 Å². The van der Waals surface area contributed by atoms with Crippen molar-refractivity contribution in [1.82, 2.24) is 29.7 Å². The van der Waals surface area contributed by atoms with E-state index >= 15 is 0 Å². The number of fused-ring (bicyclic) bond motifs is 3. The molecular weight excluding hydrogens is 891 g/mol. The first kappa shape index (κ1) is 47.1. The van der Waals surface area contributed by atoms with Gasteiger partial charge in [-0.15, -0.1) is 0 Å². The Morgan fingerprint density at radius 2 is 0.929 bits per heavy atom. The van der Waals surface area contributed by atoms with Crippen LogP contribution in [0.5, 0.6) is 5.75 Å². The summed E-state index contributed by atoms with van der Waals surface area (Å²) in [4.78, 5) is 22.1. The average Bonchev–Trinajstić information content (AvgIpc) is 4.20. The number of nitrogens with zero attached hydrogens (tertiary/aromatic N) is 5. The number of aromatic nitrogens is 3. The molecule has 9 aromatic rings. The number of piperidine rings is 1. The zero-order chi connectivity index (χ0) is 47.7. The summed E-state index contributed by atoms with van der Waals surface area (Å²) < 4.78 is 18.3. The van der Waals surface area contributed by atoms with E-state index in [4.69, 9.17) is 16.3 Å². The van der Waals surface area contributed by atoms with Crippen LogP contribution in [0.25, 0.3) is 32.7 Å². The molecule has 3 N–H and O–H groups in total. The number of benzene rings is 6. The number of hydrogen-bond donors (Lipinski definition) is 3. The van der Waals surface area contributed by atoms with Crippen LogP contribution in [0.1, 0.15) is 41.0 Å². The van der Waals surface area contributed by atoms with Crippen molar-refractivity contribution >= 4 is 55.7 Å². The van der Waals surface area contributed by atoms with Crippen molar-refractivity contribution in [2.24, 2.45) is 0 Å². The van der Waals surface area contributed by atoms with Gasteiger partial charge in [0.25, 0.3) is 0 Å². The number of piperazine rings is 2. The van der Waals surface area contributed by atoms with Crippen LogP contribution in [-0.4, -0.2) is 102 Å². The van der Waals surface area contributed by atoms with E-state index in [1.54, 1.807) is 7.11 Å². The van der Waals surface area contributed by atoms with Crippen LogP contribution >= 0.6 is 11.6 Å². The van der Waals surface area contributed by atoms with Gasteiger partial charge in [-0.25, -0.2) is 4.39 Å². The molecule has 0 spiro atoms. The van der Waals surface area contributed by atoms with Crippen molar-refractivity contribution in [1.29, 1.82) is 0 Å². The molecule has 0 saturated carbocycles. The Morgan fingerprint density at radius 3 is 1.46 bits per heavy atom. The molecule has 6 aromatic carbocycles. The third-order valence-electron chi connectivity index (χ3n) is 14.4. The van der Waals surface area contributed by atoms with Gasteiger partial charge in [-0.05, 0) is 179 Å². The van der Waals surface area contributed by atoms with E-state index in [0.717, 1.165) is 88.5 Å². The minimum atomic E-state index is -0.174. The number of methoxy groups -OCH3 is 1. The molecule has 3 aliphatic rings. The number of anilines is 2. The second-order valence-corrected chi connectivity index (χ2v) is 19.4. The first-order chi connectivity index (χ1) is 34.4. The molecule has 0 bridgehead atoms. The van der Waals surface area contributed by atoms with Crippen molar-refractivity contribution in [3.8, 4) is 5.75 Å². The van der Waals surface area contributed by atoms with Gasteiger partial charge >= 0.3 is 0 Å². The minimum absolute atomic E-state index is 0.174. The second kappa shape index (κ2) is 22.5. The number of halogens is 2. The van der Waals surface area contributed by atoms with Gasteiger partial charge in [0, 0.05) is 124 Å². The summed E-state index contributed by atoms with van der Waals surface area (Å²) in [5.74, 6) is 1.42. The molecule has 360 valence electrons. The predicted molar refractivity (Wildman–Crippen MR) is 288 cm³/mol. The summed E-state index contributed by atoms with van der Waals surface area (Å²) in [6, 6.07) is 50.0. The molecule has 70 heavy (non-hydrogen) atoms. The smallest absolute Gasteiger partial charge is 0.123 e. The zero-order valence-corrected chi connectivity index (χ0v) is 40.9. The largest absolute Gasteiger partial charge is 0.497 e. The van der Waals surface area contributed by atoms with Crippen LogP contribution in [0.2, 0.25) is 5.02 Å². The molecule has 0 unspecified atom stereocenters. The van der Waals surface area contributed by atoms with Crippen molar-refractivity contribution in [3.63, 3.8) is 0 Å². The maximum absolute atomic E-state index is 13.0. The topological polar surface area (TPSA) is 72.8 Å². The van der Waals surface area contributed by atoms with Crippen LogP contribution in [0.4, 0.5) is 15.8 Å². The standard InChI is InChI=1S/C20H21ClN2.C20H23N3O.C19H20FN3/c21-19-4-2-16(3-5-19)17-8-11-23(12-9-17)14-15-1-6-20-18(13-15)7-10-22-20;1-24-19-6-4-18(5-7-19)23-12-10-22(11-13-23)15-16-2-3-17-8-9-21-20(17)14-16;20-17-2-4-18(5-3-17)23-11-9-22(10-12-23)14-15-1-6-19-16(13-15)7-8-21-19/h1-7,10,13,17,22H,8-9,11-12,14H2;2-9,14,21H,10-13,15H2,1H3;1-8,13,21H,9-12,14H2. The van der Waals surface area contributed by atoms with Gasteiger partial charge < -0.3 is 29.5 Å². The van der Waals surface area contributed by atoms with Crippen LogP contribution in [0, 0.1) is 5.82 Å². The highest BCUT2D eigenvalue weighted by molar-refractivity contribution is 6.30. The highest BCUT2D eigenvalue weighted by atomic mass is 35.5. The van der Waals surface area contributed by atoms with Gasteiger partial charge in [-0.1, -0.05) is 48.0 Å². The fourth-order valence-corrected chi connectivity index (χ4v) is 10.4. The number of nitrogens with one attached hydrogen (secondary N) is 3. The van der Waals surface area contributed by atoms with Gasteiger partial charge in [-0.2, -0.15) is 0 Å². The number of rotatable bonds is 10. The molecule has 3 saturated heterocycles. The van der Waals surface area contributed by atoms with Gasteiger partial charge in [0.05, 0.1) is 7.11 Å². The van der Waals surface area contributed by atoms with E-state index in [1.807, 2.05) is 55.0 Å². The Labute approximate surface area is 416 Å². The molecule has 3 fully saturated rings. The summed E-state index contributed by atoms with van der Waals surface area (Å²) in [5.41, 5.74) is 11.6. The summed E-state index contributed by atoms with van der Waals surface area (Å²) in [6.07, 6.45) is 8.45. The van der Waals surface area contributed by atoms with Crippen molar-refractivity contribution < 1.29 is 9.13 Å². The van der Waals surface area contributed by atoms with Crippen molar-refractivity contribution in [2.45, 2.75) is 38.4 Å². The Morgan fingerprint density at radius 1 is 0.471 bits per heavy atom. The van der Waals surface area contributed by atoms with E-state index in [2.05, 4.69) is 137 Å². The molecule has 3 aromatic heterocycles.